The summed E-state index contributed by atoms with van der Waals surface area (Å²) in [5, 5.41) is 25.2. The number of hydrogen-bond acceptors (Lipinski definition) is 8. The number of fused-ring (bicyclic) bond motifs is 1. The molecule has 34 heavy (non-hydrogen) atoms. The highest BCUT2D eigenvalue weighted by molar-refractivity contribution is 6.12. The van der Waals surface area contributed by atoms with Gasteiger partial charge in [-0.1, -0.05) is 30.3 Å². The number of aliphatic hydroxyl groups is 2. The predicted molar refractivity (Wildman–Crippen MR) is 126 cm³/mol. The quantitative estimate of drug-likeness (QED) is 0.349. The van der Waals surface area contributed by atoms with Crippen LogP contribution in [0.1, 0.15) is 28.9 Å². The molecule has 0 bridgehead atoms. The maximum absolute atomic E-state index is 12.9. The Bertz CT molecular complexity index is 1160. The Morgan fingerprint density at radius 2 is 2.12 bits per heavy atom. The third-order valence-corrected chi connectivity index (χ3v) is 5.68. The molecule has 4 N–H and O–H groups in total. The van der Waals surface area contributed by atoms with E-state index in [0.29, 0.717) is 36.3 Å². The number of aromatic nitrogens is 2. The molecule has 1 aliphatic heterocycles. The molecular weight excluding hydrogens is 440 g/mol. The normalized spacial score (nSPS) is 16.4. The second kappa shape index (κ2) is 10.6. The molecule has 10 nitrogen and oxygen atoms in total. The van der Waals surface area contributed by atoms with Crippen molar-refractivity contribution in [2.24, 2.45) is 0 Å². The minimum absolute atomic E-state index is 0.107. The first-order chi connectivity index (χ1) is 16.5. The van der Waals surface area contributed by atoms with Gasteiger partial charge in [0.15, 0.2) is 5.69 Å². The van der Waals surface area contributed by atoms with Crippen LogP contribution in [-0.2, 0) is 20.8 Å². The number of benzene rings is 1. The number of hydrogen-bond donors (Lipinski definition) is 4. The number of nitrogens with one attached hydrogen (secondary N) is 2. The summed E-state index contributed by atoms with van der Waals surface area (Å²) >= 11 is 0. The SMILES string of the molecule is COC(=O)c1c(NC(=O)[C@@H]2CCCO2)c2cc(NC[C@H](O)CO)cnc2n1Cc1ccccc1. The lowest BCUT2D eigenvalue weighted by molar-refractivity contribution is -0.124. The van der Waals surface area contributed by atoms with Gasteiger partial charge in [-0.3, -0.25) is 4.79 Å². The zero-order chi connectivity index (χ0) is 24.1. The molecule has 1 saturated heterocycles. The maximum atomic E-state index is 12.9. The van der Waals surface area contributed by atoms with Gasteiger partial charge < -0.3 is 34.9 Å². The first-order valence-corrected chi connectivity index (χ1v) is 11.1. The van der Waals surface area contributed by atoms with E-state index in [2.05, 4.69) is 15.6 Å². The maximum Gasteiger partial charge on any atom is 0.356 e. The van der Waals surface area contributed by atoms with Gasteiger partial charge in [0.05, 0.1) is 37.4 Å². The average molecular weight is 469 g/mol. The zero-order valence-electron chi connectivity index (χ0n) is 18.9. The highest BCUT2D eigenvalue weighted by atomic mass is 16.5. The summed E-state index contributed by atoms with van der Waals surface area (Å²) in [7, 11) is 1.29. The van der Waals surface area contributed by atoms with Crippen molar-refractivity contribution in [3.63, 3.8) is 0 Å². The number of esters is 1. The molecule has 0 spiro atoms. The number of methoxy groups -OCH3 is 1. The number of carbonyl (C=O) groups is 2. The van der Waals surface area contributed by atoms with Gasteiger partial charge in [-0.25, -0.2) is 9.78 Å². The van der Waals surface area contributed by atoms with E-state index in [9.17, 15) is 14.7 Å². The number of ether oxygens (including phenoxy) is 2. The number of aliphatic hydroxyl groups excluding tert-OH is 2. The van der Waals surface area contributed by atoms with Crippen molar-refractivity contribution in [2.45, 2.75) is 31.6 Å². The van der Waals surface area contributed by atoms with Crippen LogP contribution in [0.3, 0.4) is 0 Å². The van der Waals surface area contributed by atoms with E-state index in [1.165, 1.54) is 7.11 Å². The lowest BCUT2D eigenvalue weighted by atomic mass is 10.2. The number of anilines is 2. The van der Waals surface area contributed by atoms with Crippen molar-refractivity contribution in [1.82, 2.24) is 9.55 Å². The van der Waals surface area contributed by atoms with Crippen LogP contribution < -0.4 is 10.6 Å². The van der Waals surface area contributed by atoms with Crippen molar-refractivity contribution < 1.29 is 29.3 Å². The first-order valence-electron chi connectivity index (χ1n) is 11.1. The van der Waals surface area contributed by atoms with Crippen LogP contribution in [0.15, 0.2) is 42.6 Å². The smallest absolute Gasteiger partial charge is 0.356 e. The fourth-order valence-electron chi connectivity index (χ4n) is 3.97. The Hall–Kier alpha value is -3.47. The molecule has 3 heterocycles. The summed E-state index contributed by atoms with van der Waals surface area (Å²) < 4.78 is 12.3. The standard InChI is InChI=1S/C24H28N4O6/c1-33-24(32)21-20(27-23(31)19-8-5-9-34-19)18-10-16(25-12-17(30)14-29)11-26-22(18)28(21)13-15-6-3-2-4-7-15/h2-4,6-7,10-11,17,19,25,29-30H,5,8-9,12-14H2,1H3,(H,27,31)/t17-,19-/m0/s1. The van der Waals surface area contributed by atoms with E-state index in [0.717, 1.165) is 12.0 Å². The van der Waals surface area contributed by atoms with Crippen molar-refractivity contribution in [2.75, 3.05) is 37.5 Å². The molecular formula is C24H28N4O6. The Balaban J connectivity index is 1.82. The van der Waals surface area contributed by atoms with E-state index in [1.807, 2.05) is 30.3 Å². The molecule has 0 unspecified atom stereocenters. The van der Waals surface area contributed by atoms with Crippen molar-refractivity contribution in [3.05, 3.63) is 53.9 Å². The van der Waals surface area contributed by atoms with E-state index in [-0.39, 0.29) is 30.4 Å². The number of nitrogens with zero attached hydrogens (tertiary/aromatic N) is 2. The third kappa shape index (κ3) is 5.04. The third-order valence-electron chi connectivity index (χ3n) is 5.68. The van der Waals surface area contributed by atoms with Gasteiger partial charge in [0, 0.05) is 25.1 Å². The summed E-state index contributed by atoms with van der Waals surface area (Å²) in [5.74, 6) is -0.947. The van der Waals surface area contributed by atoms with Crippen molar-refractivity contribution in [1.29, 1.82) is 0 Å². The summed E-state index contributed by atoms with van der Waals surface area (Å²) in [5.41, 5.74) is 2.45. The Morgan fingerprint density at radius 3 is 2.79 bits per heavy atom. The van der Waals surface area contributed by atoms with Gasteiger partial charge in [0.1, 0.15) is 11.8 Å². The first kappa shape index (κ1) is 23.7. The molecule has 0 aliphatic carbocycles. The molecule has 1 aromatic carbocycles. The van der Waals surface area contributed by atoms with E-state index < -0.39 is 18.2 Å². The van der Waals surface area contributed by atoms with E-state index in [1.54, 1.807) is 16.8 Å². The highest BCUT2D eigenvalue weighted by Gasteiger charge is 2.30. The molecule has 2 atom stereocenters. The number of carbonyl (C=O) groups excluding carboxylic acids is 2. The topological polar surface area (TPSA) is 135 Å². The zero-order valence-corrected chi connectivity index (χ0v) is 18.9. The van der Waals surface area contributed by atoms with Crippen molar-refractivity contribution in [3.8, 4) is 0 Å². The van der Waals surface area contributed by atoms with Crippen LogP contribution in [0.5, 0.6) is 0 Å². The number of pyridine rings is 1. The number of rotatable bonds is 9. The van der Waals surface area contributed by atoms with Crippen LogP contribution in [0.4, 0.5) is 11.4 Å². The van der Waals surface area contributed by atoms with Gasteiger partial charge in [-0.2, -0.15) is 0 Å². The van der Waals surface area contributed by atoms with Gasteiger partial charge >= 0.3 is 5.97 Å². The Morgan fingerprint density at radius 1 is 1.32 bits per heavy atom. The van der Waals surface area contributed by atoms with Gasteiger partial charge in [-0.15, -0.1) is 0 Å². The minimum Gasteiger partial charge on any atom is -0.464 e. The summed E-state index contributed by atoms with van der Waals surface area (Å²) in [6, 6.07) is 11.3. The minimum atomic E-state index is -0.942. The molecule has 0 radical (unpaired) electrons. The van der Waals surface area contributed by atoms with E-state index >= 15 is 0 Å². The molecule has 4 rings (SSSR count). The van der Waals surface area contributed by atoms with Crippen LogP contribution >= 0.6 is 0 Å². The summed E-state index contributed by atoms with van der Waals surface area (Å²) in [6.07, 6.45) is 1.43. The average Bonchev–Trinajstić information content (AvgIpc) is 3.50. The van der Waals surface area contributed by atoms with Crippen LogP contribution in [0.25, 0.3) is 11.0 Å². The molecule has 2 aromatic heterocycles. The number of amides is 1. The fraction of sp³-hybridized carbons (Fsp3) is 0.375. The molecule has 10 heteroatoms. The second-order valence-electron chi connectivity index (χ2n) is 8.09. The van der Waals surface area contributed by atoms with Crippen LogP contribution in [0, 0.1) is 0 Å². The lowest BCUT2D eigenvalue weighted by Crippen LogP contribution is -2.28. The molecule has 3 aromatic rings. The van der Waals surface area contributed by atoms with Crippen LogP contribution in [-0.4, -0.2) is 70.7 Å². The predicted octanol–water partition coefficient (Wildman–Crippen LogP) is 1.75. The van der Waals surface area contributed by atoms with Crippen molar-refractivity contribution >= 4 is 34.3 Å². The molecule has 1 fully saturated rings. The van der Waals surface area contributed by atoms with E-state index in [4.69, 9.17) is 14.6 Å². The Labute approximate surface area is 196 Å². The highest BCUT2D eigenvalue weighted by Crippen LogP contribution is 2.34. The summed E-state index contributed by atoms with van der Waals surface area (Å²) in [6.45, 7) is 0.572. The summed E-state index contributed by atoms with van der Waals surface area (Å²) in [4.78, 5) is 30.4. The Kier molecular flexibility index (Phi) is 7.41. The van der Waals surface area contributed by atoms with Gasteiger partial charge in [-0.05, 0) is 24.5 Å². The lowest BCUT2D eigenvalue weighted by Gasteiger charge is -2.13. The second-order valence-corrected chi connectivity index (χ2v) is 8.09. The fourth-order valence-corrected chi connectivity index (χ4v) is 3.97. The molecule has 180 valence electrons. The van der Waals surface area contributed by atoms with Gasteiger partial charge in [0.25, 0.3) is 5.91 Å². The van der Waals surface area contributed by atoms with Gasteiger partial charge in [0.2, 0.25) is 0 Å². The van der Waals surface area contributed by atoms with Crippen LogP contribution in [0.2, 0.25) is 0 Å². The molecule has 1 amide bonds. The molecule has 1 aliphatic rings. The monoisotopic (exact) mass is 468 g/mol. The molecule has 0 saturated carbocycles. The largest absolute Gasteiger partial charge is 0.464 e.